The van der Waals surface area contributed by atoms with Crippen molar-refractivity contribution in [3.8, 4) is 0 Å². The van der Waals surface area contributed by atoms with Gasteiger partial charge in [0, 0.05) is 19.0 Å². The SMILES string of the molecule is O=C1C[C@H]2CC=CCN12. The highest BCUT2D eigenvalue weighted by Crippen LogP contribution is 2.24. The van der Waals surface area contributed by atoms with Crippen molar-refractivity contribution in [3.05, 3.63) is 12.2 Å². The fourth-order valence-corrected chi connectivity index (χ4v) is 1.42. The predicted octanol–water partition coefficient (Wildman–Crippen LogP) is 0.547. The highest BCUT2D eigenvalue weighted by atomic mass is 16.2. The van der Waals surface area contributed by atoms with Crippen LogP contribution in [0.15, 0.2) is 12.2 Å². The zero-order chi connectivity index (χ0) is 6.27. The van der Waals surface area contributed by atoms with Gasteiger partial charge in [0.15, 0.2) is 0 Å². The number of amides is 1. The van der Waals surface area contributed by atoms with E-state index in [1.165, 1.54) is 0 Å². The van der Waals surface area contributed by atoms with E-state index in [0.717, 1.165) is 19.4 Å². The van der Waals surface area contributed by atoms with Gasteiger partial charge in [-0.1, -0.05) is 12.2 Å². The highest BCUT2D eigenvalue weighted by Gasteiger charge is 2.35. The Balaban J connectivity index is 2.12. The Morgan fingerprint density at radius 2 is 2.44 bits per heavy atom. The Labute approximate surface area is 54.1 Å². The summed E-state index contributed by atoms with van der Waals surface area (Å²) in [5.74, 6) is 0.323. The van der Waals surface area contributed by atoms with E-state index in [9.17, 15) is 4.79 Å². The second kappa shape index (κ2) is 1.59. The third kappa shape index (κ3) is 0.590. The first kappa shape index (κ1) is 5.03. The van der Waals surface area contributed by atoms with E-state index in [2.05, 4.69) is 12.2 Å². The molecule has 0 aromatic carbocycles. The molecule has 1 fully saturated rings. The van der Waals surface area contributed by atoms with Gasteiger partial charge in [-0.2, -0.15) is 0 Å². The normalized spacial score (nSPS) is 31.8. The van der Waals surface area contributed by atoms with E-state index in [1.54, 1.807) is 0 Å². The Morgan fingerprint density at radius 1 is 1.56 bits per heavy atom. The Kier molecular flexibility index (Phi) is 0.891. The lowest BCUT2D eigenvalue weighted by Crippen LogP contribution is -2.53. The lowest BCUT2D eigenvalue weighted by molar-refractivity contribution is -0.145. The molecule has 0 saturated carbocycles. The number of hydrogen-bond acceptors (Lipinski definition) is 1. The van der Waals surface area contributed by atoms with Gasteiger partial charge in [0.25, 0.3) is 0 Å². The third-order valence-electron chi connectivity index (χ3n) is 2.05. The molecule has 0 bridgehead atoms. The van der Waals surface area contributed by atoms with Crippen LogP contribution in [0.5, 0.6) is 0 Å². The molecule has 0 spiro atoms. The molecule has 1 atom stereocenters. The van der Waals surface area contributed by atoms with E-state index >= 15 is 0 Å². The molecule has 0 aliphatic carbocycles. The largest absolute Gasteiger partial charge is 0.335 e. The maximum absolute atomic E-state index is 10.8. The summed E-state index contributed by atoms with van der Waals surface area (Å²) in [6, 6.07) is 0.558. The van der Waals surface area contributed by atoms with Gasteiger partial charge in [0.05, 0.1) is 0 Å². The Morgan fingerprint density at radius 3 is 3.00 bits per heavy atom. The second-order valence-corrected chi connectivity index (χ2v) is 2.61. The fraction of sp³-hybridized carbons (Fsp3) is 0.571. The van der Waals surface area contributed by atoms with E-state index in [1.807, 2.05) is 4.90 Å². The molecule has 2 heteroatoms. The maximum Gasteiger partial charge on any atom is 0.225 e. The molecule has 0 aromatic rings. The predicted molar refractivity (Wildman–Crippen MR) is 33.9 cm³/mol. The molecule has 2 rings (SSSR count). The molecule has 2 aliphatic heterocycles. The van der Waals surface area contributed by atoms with Crippen LogP contribution in [0, 0.1) is 0 Å². The topological polar surface area (TPSA) is 20.3 Å². The summed E-state index contributed by atoms with van der Waals surface area (Å²) in [6.45, 7) is 0.851. The number of fused-ring (bicyclic) bond motifs is 1. The van der Waals surface area contributed by atoms with Gasteiger partial charge < -0.3 is 4.90 Å². The van der Waals surface area contributed by atoms with Gasteiger partial charge >= 0.3 is 0 Å². The molecular weight excluding hydrogens is 114 g/mol. The first-order valence-corrected chi connectivity index (χ1v) is 3.32. The van der Waals surface area contributed by atoms with Crippen LogP contribution in [-0.4, -0.2) is 23.4 Å². The summed E-state index contributed by atoms with van der Waals surface area (Å²) in [5.41, 5.74) is 0. The van der Waals surface area contributed by atoms with Crippen molar-refractivity contribution < 1.29 is 4.79 Å². The van der Waals surface area contributed by atoms with E-state index < -0.39 is 0 Å². The number of carbonyl (C=O) groups is 1. The monoisotopic (exact) mass is 123 g/mol. The number of rotatable bonds is 0. The quantitative estimate of drug-likeness (QED) is 0.340. The van der Waals surface area contributed by atoms with Crippen molar-refractivity contribution >= 4 is 5.91 Å². The minimum Gasteiger partial charge on any atom is -0.335 e. The molecule has 2 aliphatic rings. The van der Waals surface area contributed by atoms with Crippen LogP contribution < -0.4 is 0 Å². The minimum atomic E-state index is 0.323. The van der Waals surface area contributed by atoms with Gasteiger partial charge in [-0.25, -0.2) is 0 Å². The molecule has 9 heavy (non-hydrogen) atoms. The van der Waals surface area contributed by atoms with Crippen molar-refractivity contribution in [1.29, 1.82) is 0 Å². The van der Waals surface area contributed by atoms with Crippen molar-refractivity contribution in [2.75, 3.05) is 6.54 Å². The van der Waals surface area contributed by atoms with Gasteiger partial charge in [0.2, 0.25) is 5.91 Å². The second-order valence-electron chi connectivity index (χ2n) is 2.61. The molecule has 48 valence electrons. The van der Waals surface area contributed by atoms with Gasteiger partial charge in [-0.3, -0.25) is 4.79 Å². The van der Waals surface area contributed by atoms with Crippen molar-refractivity contribution in [3.63, 3.8) is 0 Å². The van der Waals surface area contributed by atoms with E-state index in [4.69, 9.17) is 0 Å². The van der Waals surface area contributed by atoms with Crippen molar-refractivity contribution in [2.45, 2.75) is 18.9 Å². The summed E-state index contributed by atoms with van der Waals surface area (Å²) in [6.07, 6.45) is 6.08. The van der Waals surface area contributed by atoms with Crippen LogP contribution in [0.25, 0.3) is 0 Å². The van der Waals surface area contributed by atoms with E-state index in [0.29, 0.717) is 11.9 Å². The molecule has 2 heterocycles. The lowest BCUT2D eigenvalue weighted by atomic mass is 9.96. The van der Waals surface area contributed by atoms with Crippen molar-refractivity contribution in [2.24, 2.45) is 0 Å². The first-order valence-electron chi connectivity index (χ1n) is 3.32. The lowest BCUT2D eigenvalue weighted by Gasteiger charge is -2.41. The number of hydrogen-bond donors (Lipinski definition) is 0. The third-order valence-corrected chi connectivity index (χ3v) is 2.05. The van der Waals surface area contributed by atoms with Gasteiger partial charge in [-0.05, 0) is 6.42 Å². The van der Waals surface area contributed by atoms with E-state index in [-0.39, 0.29) is 0 Å². The highest BCUT2D eigenvalue weighted by molar-refractivity contribution is 5.83. The molecule has 0 radical (unpaired) electrons. The Hall–Kier alpha value is -0.790. The summed E-state index contributed by atoms with van der Waals surface area (Å²) in [4.78, 5) is 12.7. The standard InChI is InChI=1S/C7H9NO/c9-7-5-6-3-1-2-4-8(6)7/h1-2,6H,3-5H2/t6-/m1/s1. The number of carbonyl (C=O) groups excluding carboxylic acids is 1. The van der Waals surface area contributed by atoms with Gasteiger partial charge in [-0.15, -0.1) is 0 Å². The number of nitrogens with zero attached hydrogens (tertiary/aromatic N) is 1. The molecule has 1 saturated heterocycles. The summed E-state index contributed by atoms with van der Waals surface area (Å²) in [5, 5.41) is 0. The summed E-state index contributed by atoms with van der Waals surface area (Å²) < 4.78 is 0. The first-order chi connectivity index (χ1) is 4.38. The molecule has 2 nitrogen and oxygen atoms in total. The summed E-state index contributed by atoms with van der Waals surface area (Å²) >= 11 is 0. The van der Waals surface area contributed by atoms with Gasteiger partial charge in [0.1, 0.15) is 0 Å². The zero-order valence-corrected chi connectivity index (χ0v) is 5.21. The molecule has 0 N–H and O–H groups in total. The molecule has 0 unspecified atom stereocenters. The average Bonchev–Trinajstić information content (AvgIpc) is 1.86. The molecular formula is C7H9NO. The number of β-lactam (4-membered cyclic amide) rings is 1. The van der Waals surface area contributed by atoms with Crippen molar-refractivity contribution in [1.82, 2.24) is 4.90 Å². The zero-order valence-electron chi connectivity index (χ0n) is 5.21. The smallest absolute Gasteiger partial charge is 0.225 e. The fourth-order valence-electron chi connectivity index (χ4n) is 1.42. The molecule has 1 amide bonds. The van der Waals surface area contributed by atoms with Crippen LogP contribution >= 0.6 is 0 Å². The maximum atomic E-state index is 10.8. The summed E-state index contributed by atoms with van der Waals surface area (Å²) in [7, 11) is 0. The van der Waals surface area contributed by atoms with Crippen LogP contribution in [-0.2, 0) is 4.79 Å². The van der Waals surface area contributed by atoms with Crippen LogP contribution in [0.1, 0.15) is 12.8 Å². The van der Waals surface area contributed by atoms with Crippen LogP contribution in [0.3, 0.4) is 0 Å². The Bertz CT molecular complexity index is 174. The molecule has 0 aromatic heterocycles. The average molecular weight is 123 g/mol. The van der Waals surface area contributed by atoms with Crippen LogP contribution in [0.4, 0.5) is 0 Å². The minimum absolute atomic E-state index is 0.323. The van der Waals surface area contributed by atoms with Crippen LogP contribution in [0.2, 0.25) is 0 Å².